The van der Waals surface area contributed by atoms with Crippen molar-refractivity contribution in [1.82, 2.24) is 10.6 Å². The van der Waals surface area contributed by atoms with Gasteiger partial charge in [-0.05, 0) is 38.0 Å². The quantitative estimate of drug-likeness (QED) is 0.687. The predicted octanol–water partition coefficient (Wildman–Crippen LogP) is 2.07. The van der Waals surface area contributed by atoms with Crippen LogP contribution in [-0.2, 0) is 4.79 Å². The molecule has 0 aromatic heterocycles. The fourth-order valence-electron chi connectivity index (χ4n) is 1.93. The third kappa shape index (κ3) is 5.85. The SMILES string of the molecule is CCCNC(=O)CCNC(=O)c1ccc(C)cc1NCC. The van der Waals surface area contributed by atoms with Crippen LogP contribution in [0.5, 0.6) is 0 Å². The number of hydrogen-bond donors (Lipinski definition) is 3. The molecule has 1 aromatic carbocycles. The second-order valence-electron chi connectivity index (χ2n) is 4.94. The van der Waals surface area contributed by atoms with Crippen molar-refractivity contribution in [2.75, 3.05) is 25.0 Å². The molecule has 0 unspecified atom stereocenters. The zero-order valence-corrected chi connectivity index (χ0v) is 13.1. The number of hydrogen-bond acceptors (Lipinski definition) is 3. The van der Waals surface area contributed by atoms with Gasteiger partial charge in [-0.2, -0.15) is 0 Å². The normalized spacial score (nSPS) is 10.0. The summed E-state index contributed by atoms with van der Waals surface area (Å²) in [7, 11) is 0. The van der Waals surface area contributed by atoms with Crippen LogP contribution in [0.2, 0.25) is 0 Å². The molecule has 0 aliphatic heterocycles. The van der Waals surface area contributed by atoms with Crippen molar-refractivity contribution in [1.29, 1.82) is 0 Å². The molecule has 0 aliphatic carbocycles. The zero-order valence-electron chi connectivity index (χ0n) is 13.1. The highest BCUT2D eigenvalue weighted by molar-refractivity contribution is 5.99. The van der Waals surface area contributed by atoms with Crippen LogP contribution in [0.1, 0.15) is 42.6 Å². The van der Waals surface area contributed by atoms with Crippen molar-refractivity contribution < 1.29 is 9.59 Å². The van der Waals surface area contributed by atoms with E-state index in [1.807, 2.05) is 32.9 Å². The Hall–Kier alpha value is -2.04. The number of rotatable bonds is 8. The first-order valence-corrected chi connectivity index (χ1v) is 7.47. The standard InChI is InChI=1S/C16H25N3O2/c1-4-9-18-15(20)8-10-19-16(21)13-7-6-12(3)11-14(13)17-5-2/h6-7,11,17H,4-5,8-10H2,1-3H3,(H,18,20)(H,19,21). The summed E-state index contributed by atoms with van der Waals surface area (Å²) in [5.41, 5.74) is 2.53. The molecule has 5 nitrogen and oxygen atoms in total. The van der Waals surface area contributed by atoms with Crippen molar-refractivity contribution in [2.45, 2.75) is 33.6 Å². The molecule has 0 bridgehead atoms. The minimum absolute atomic E-state index is 0.0343. The van der Waals surface area contributed by atoms with Gasteiger partial charge in [-0.3, -0.25) is 9.59 Å². The summed E-state index contributed by atoms with van der Waals surface area (Å²) in [6.45, 7) is 7.75. The summed E-state index contributed by atoms with van der Waals surface area (Å²) < 4.78 is 0. The minimum Gasteiger partial charge on any atom is -0.385 e. The molecule has 1 aromatic rings. The summed E-state index contributed by atoms with van der Waals surface area (Å²) in [5.74, 6) is -0.192. The van der Waals surface area contributed by atoms with Gasteiger partial charge in [-0.25, -0.2) is 0 Å². The molecule has 0 saturated carbocycles. The predicted molar refractivity (Wildman–Crippen MR) is 85.6 cm³/mol. The summed E-state index contributed by atoms with van der Waals surface area (Å²) in [5, 5.41) is 8.75. The first kappa shape index (κ1) is 17.0. The molecular formula is C16H25N3O2. The van der Waals surface area contributed by atoms with Gasteiger partial charge in [0.15, 0.2) is 0 Å². The molecule has 21 heavy (non-hydrogen) atoms. The second-order valence-corrected chi connectivity index (χ2v) is 4.94. The number of aryl methyl sites for hydroxylation is 1. The summed E-state index contributed by atoms with van der Waals surface area (Å²) in [6, 6.07) is 5.66. The van der Waals surface area contributed by atoms with Crippen molar-refractivity contribution >= 4 is 17.5 Å². The average Bonchev–Trinajstić information content (AvgIpc) is 2.45. The van der Waals surface area contributed by atoms with E-state index in [0.717, 1.165) is 24.2 Å². The number of nitrogens with one attached hydrogen (secondary N) is 3. The Morgan fingerprint density at radius 2 is 1.86 bits per heavy atom. The van der Waals surface area contributed by atoms with E-state index in [2.05, 4.69) is 16.0 Å². The maximum atomic E-state index is 12.2. The maximum Gasteiger partial charge on any atom is 0.253 e. The Kier molecular flexibility index (Phi) is 7.29. The van der Waals surface area contributed by atoms with E-state index in [0.29, 0.717) is 25.1 Å². The molecule has 0 heterocycles. The van der Waals surface area contributed by atoms with E-state index < -0.39 is 0 Å². The monoisotopic (exact) mass is 291 g/mol. The topological polar surface area (TPSA) is 70.2 Å². The molecule has 0 spiro atoms. The molecule has 0 saturated heterocycles. The third-order valence-corrected chi connectivity index (χ3v) is 3.00. The van der Waals surface area contributed by atoms with E-state index in [1.165, 1.54) is 0 Å². The first-order chi connectivity index (χ1) is 10.1. The van der Waals surface area contributed by atoms with Gasteiger partial charge < -0.3 is 16.0 Å². The van der Waals surface area contributed by atoms with Gasteiger partial charge in [-0.15, -0.1) is 0 Å². The molecule has 0 fully saturated rings. The van der Waals surface area contributed by atoms with E-state index in [9.17, 15) is 9.59 Å². The summed E-state index contributed by atoms with van der Waals surface area (Å²) in [4.78, 5) is 23.6. The number of carbonyl (C=O) groups is 2. The highest BCUT2D eigenvalue weighted by Crippen LogP contribution is 2.17. The van der Waals surface area contributed by atoms with Crippen LogP contribution in [0.3, 0.4) is 0 Å². The lowest BCUT2D eigenvalue weighted by Gasteiger charge is -2.12. The van der Waals surface area contributed by atoms with Crippen molar-refractivity contribution in [3.8, 4) is 0 Å². The fraction of sp³-hybridized carbons (Fsp3) is 0.500. The Morgan fingerprint density at radius 1 is 1.10 bits per heavy atom. The number of anilines is 1. The van der Waals surface area contributed by atoms with Crippen LogP contribution in [-0.4, -0.2) is 31.4 Å². The van der Waals surface area contributed by atoms with Gasteiger partial charge in [0.25, 0.3) is 5.91 Å². The molecule has 2 amide bonds. The van der Waals surface area contributed by atoms with Gasteiger partial charge in [-0.1, -0.05) is 13.0 Å². The third-order valence-electron chi connectivity index (χ3n) is 3.00. The van der Waals surface area contributed by atoms with Crippen LogP contribution >= 0.6 is 0 Å². The number of benzene rings is 1. The van der Waals surface area contributed by atoms with Gasteiger partial charge in [0.05, 0.1) is 5.56 Å². The highest BCUT2D eigenvalue weighted by atomic mass is 16.2. The molecule has 0 radical (unpaired) electrons. The van der Waals surface area contributed by atoms with E-state index in [1.54, 1.807) is 6.07 Å². The van der Waals surface area contributed by atoms with Crippen molar-refractivity contribution in [3.63, 3.8) is 0 Å². The maximum absolute atomic E-state index is 12.2. The van der Waals surface area contributed by atoms with E-state index in [4.69, 9.17) is 0 Å². The smallest absolute Gasteiger partial charge is 0.253 e. The largest absolute Gasteiger partial charge is 0.385 e. The Labute approximate surface area is 126 Å². The van der Waals surface area contributed by atoms with E-state index >= 15 is 0 Å². The molecule has 5 heteroatoms. The lowest BCUT2D eigenvalue weighted by molar-refractivity contribution is -0.120. The van der Waals surface area contributed by atoms with E-state index in [-0.39, 0.29) is 11.8 Å². The van der Waals surface area contributed by atoms with Gasteiger partial charge >= 0.3 is 0 Å². The van der Waals surface area contributed by atoms with Gasteiger partial charge in [0, 0.05) is 31.7 Å². The number of amides is 2. The Bertz CT molecular complexity index is 486. The lowest BCUT2D eigenvalue weighted by atomic mass is 10.1. The Balaban J connectivity index is 2.54. The lowest BCUT2D eigenvalue weighted by Crippen LogP contribution is -2.31. The van der Waals surface area contributed by atoms with Crippen molar-refractivity contribution in [3.05, 3.63) is 29.3 Å². The Morgan fingerprint density at radius 3 is 2.52 bits per heavy atom. The second kappa shape index (κ2) is 9.00. The minimum atomic E-state index is -0.158. The highest BCUT2D eigenvalue weighted by Gasteiger charge is 2.11. The molecule has 116 valence electrons. The van der Waals surface area contributed by atoms with Crippen molar-refractivity contribution in [2.24, 2.45) is 0 Å². The molecule has 3 N–H and O–H groups in total. The summed E-state index contributed by atoms with van der Waals surface area (Å²) in [6.07, 6.45) is 1.21. The molecule has 0 atom stereocenters. The molecular weight excluding hydrogens is 266 g/mol. The average molecular weight is 291 g/mol. The number of carbonyl (C=O) groups excluding carboxylic acids is 2. The van der Waals surface area contributed by atoms with Crippen LogP contribution in [0, 0.1) is 6.92 Å². The molecule has 0 aliphatic rings. The first-order valence-electron chi connectivity index (χ1n) is 7.47. The summed E-state index contributed by atoms with van der Waals surface area (Å²) >= 11 is 0. The molecule has 1 rings (SSSR count). The zero-order chi connectivity index (χ0) is 15.7. The van der Waals surface area contributed by atoms with Gasteiger partial charge in [0.1, 0.15) is 0 Å². The van der Waals surface area contributed by atoms with Crippen LogP contribution in [0.4, 0.5) is 5.69 Å². The van der Waals surface area contributed by atoms with Crippen LogP contribution in [0.25, 0.3) is 0 Å². The fourth-order valence-corrected chi connectivity index (χ4v) is 1.93. The van der Waals surface area contributed by atoms with Crippen LogP contribution < -0.4 is 16.0 Å². The van der Waals surface area contributed by atoms with Crippen LogP contribution in [0.15, 0.2) is 18.2 Å². The van der Waals surface area contributed by atoms with Gasteiger partial charge in [0.2, 0.25) is 5.91 Å².